The second-order valence-corrected chi connectivity index (χ2v) is 1.56. The SMILES string of the molecule is CCOC(=O)[C@H](O)OCC. The molecule has 0 aliphatic rings. The fourth-order valence-corrected chi connectivity index (χ4v) is 0.439. The van der Waals surface area contributed by atoms with Crippen LogP contribution in [0.4, 0.5) is 0 Å². The molecule has 4 heteroatoms. The van der Waals surface area contributed by atoms with Crippen molar-refractivity contribution in [2.75, 3.05) is 13.2 Å². The number of rotatable bonds is 4. The second kappa shape index (κ2) is 5.20. The molecule has 0 fully saturated rings. The molecule has 4 nitrogen and oxygen atoms in total. The van der Waals surface area contributed by atoms with Gasteiger partial charge in [0.05, 0.1) is 6.61 Å². The van der Waals surface area contributed by atoms with Gasteiger partial charge in [0.1, 0.15) is 0 Å². The number of carbonyl (C=O) groups is 1. The largest absolute Gasteiger partial charge is 0.462 e. The molecule has 0 saturated carbocycles. The standard InChI is InChI=1S/C6H12O4/c1-3-9-5(7)6(8)10-4-2/h5,7H,3-4H2,1-2H3/t5-/m1/s1. The fourth-order valence-electron chi connectivity index (χ4n) is 0.439. The average molecular weight is 148 g/mol. The van der Waals surface area contributed by atoms with Crippen molar-refractivity contribution in [1.82, 2.24) is 0 Å². The summed E-state index contributed by atoms with van der Waals surface area (Å²) in [6.45, 7) is 3.89. The summed E-state index contributed by atoms with van der Waals surface area (Å²) in [4.78, 5) is 10.5. The molecule has 0 aliphatic heterocycles. The lowest BCUT2D eigenvalue weighted by Gasteiger charge is -2.07. The minimum Gasteiger partial charge on any atom is -0.462 e. The lowest BCUT2D eigenvalue weighted by Crippen LogP contribution is -2.25. The van der Waals surface area contributed by atoms with Crippen LogP contribution in [-0.4, -0.2) is 30.6 Å². The van der Waals surface area contributed by atoms with E-state index < -0.39 is 12.3 Å². The van der Waals surface area contributed by atoms with Gasteiger partial charge in [0.15, 0.2) is 0 Å². The summed E-state index contributed by atoms with van der Waals surface area (Å²) in [6.07, 6.45) is -1.43. The van der Waals surface area contributed by atoms with Crippen molar-refractivity contribution in [3.05, 3.63) is 0 Å². The van der Waals surface area contributed by atoms with Crippen LogP contribution in [0.5, 0.6) is 0 Å². The van der Waals surface area contributed by atoms with Crippen LogP contribution in [0, 0.1) is 0 Å². The number of hydrogen-bond acceptors (Lipinski definition) is 4. The molecule has 10 heavy (non-hydrogen) atoms. The topological polar surface area (TPSA) is 55.8 Å². The van der Waals surface area contributed by atoms with Gasteiger partial charge in [-0.3, -0.25) is 0 Å². The molecule has 0 aliphatic carbocycles. The summed E-state index contributed by atoms with van der Waals surface area (Å²) in [5.41, 5.74) is 0. The summed E-state index contributed by atoms with van der Waals surface area (Å²) in [5, 5.41) is 8.75. The first-order valence-corrected chi connectivity index (χ1v) is 3.18. The Morgan fingerprint density at radius 3 is 2.50 bits per heavy atom. The van der Waals surface area contributed by atoms with E-state index >= 15 is 0 Å². The number of ether oxygens (including phenoxy) is 2. The van der Waals surface area contributed by atoms with Crippen LogP contribution in [0.1, 0.15) is 13.8 Å². The molecular formula is C6H12O4. The predicted molar refractivity (Wildman–Crippen MR) is 34.3 cm³/mol. The summed E-state index contributed by atoms with van der Waals surface area (Å²) in [7, 11) is 0. The maximum Gasteiger partial charge on any atom is 0.363 e. The lowest BCUT2D eigenvalue weighted by atomic mass is 10.6. The third kappa shape index (κ3) is 3.42. The molecule has 0 rings (SSSR count). The Bertz CT molecular complexity index is 102. The van der Waals surface area contributed by atoms with E-state index in [1.165, 1.54) is 0 Å². The van der Waals surface area contributed by atoms with E-state index in [0.29, 0.717) is 6.61 Å². The first-order chi connectivity index (χ1) is 4.72. The van der Waals surface area contributed by atoms with Crippen LogP contribution in [0.15, 0.2) is 0 Å². The lowest BCUT2D eigenvalue weighted by molar-refractivity contribution is -0.181. The number of carbonyl (C=O) groups excluding carboxylic acids is 1. The van der Waals surface area contributed by atoms with Gasteiger partial charge in [-0.15, -0.1) is 0 Å². The molecule has 60 valence electrons. The fraction of sp³-hybridized carbons (Fsp3) is 0.833. The number of hydrogen-bond donors (Lipinski definition) is 1. The van der Waals surface area contributed by atoms with Crippen molar-refractivity contribution in [3.63, 3.8) is 0 Å². The van der Waals surface area contributed by atoms with E-state index in [-0.39, 0.29) is 6.61 Å². The Morgan fingerprint density at radius 1 is 1.50 bits per heavy atom. The highest BCUT2D eigenvalue weighted by Crippen LogP contribution is 1.89. The summed E-state index contributed by atoms with van der Waals surface area (Å²) < 4.78 is 8.98. The van der Waals surface area contributed by atoms with Gasteiger partial charge >= 0.3 is 5.97 Å². The Morgan fingerprint density at radius 2 is 2.10 bits per heavy atom. The van der Waals surface area contributed by atoms with Crippen LogP contribution in [-0.2, 0) is 14.3 Å². The number of aliphatic hydroxyl groups is 1. The minimum absolute atomic E-state index is 0.253. The highest BCUT2D eigenvalue weighted by molar-refractivity contribution is 5.72. The molecule has 1 N–H and O–H groups in total. The maximum absolute atomic E-state index is 10.5. The van der Waals surface area contributed by atoms with Gasteiger partial charge in [0.25, 0.3) is 6.29 Å². The molecule has 0 amide bonds. The normalized spacial score (nSPS) is 12.7. The van der Waals surface area contributed by atoms with Gasteiger partial charge in [0.2, 0.25) is 0 Å². The summed E-state index contributed by atoms with van der Waals surface area (Å²) in [6, 6.07) is 0. The average Bonchev–Trinajstić information content (AvgIpc) is 1.89. The highest BCUT2D eigenvalue weighted by atomic mass is 16.6. The van der Waals surface area contributed by atoms with Crippen LogP contribution in [0.3, 0.4) is 0 Å². The van der Waals surface area contributed by atoms with Crippen molar-refractivity contribution in [3.8, 4) is 0 Å². The Balaban J connectivity index is 3.49. The molecule has 0 bridgehead atoms. The zero-order valence-electron chi connectivity index (χ0n) is 6.16. The Kier molecular flexibility index (Phi) is 4.88. The first-order valence-electron chi connectivity index (χ1n) is 3.18. The molecule has 0 heterocycles. The van der Waals surface area contributed by atoms with Gasteiger partial charge in [-0.25, -0.2) is 4.79 Å². The second-order valence-electron chi connectivity index (χ2n) is 1.56. The molecule has 0 unspecified atom stereocenters. The van der Waals surface area contributed by atoms with Gasteiger partial charge in [-0.1, -0.05) is 0 Å². The molecule has 0 aromatic carbocycles. The van der Waals surface area contributed by atoms with E-state index in [1.807, 2.05) is 0 Å². The monoisotopic (exact) mass is 148 g/mol. The van der Waals surface area contributed by atoms with Crippen molar-refractivity contribution in [1.29, 1.82) is 0 Å². The van der Waals surface area contributed by atoms with Crippen LogP contribution in [0.2, 0.25) is 0 Å². The minimum atomic E-state index is -1.43. The van der Waals surface area contributed by atoms with Crippen molar-refractivity contribution >= 4 is 5.97 Å². The van der Waals surface area contributed by atoms with Crippen LogP contribution in [0.25, 0.3) is 0 Å². The third-order valence-corrected chi connectivity index (χ3v) is 0.813. The van der Waals surface area contributed by atoms with Crippen LogP contribution < -0.4 is 0 Å². The van der Waals surface area contributed by atoms with Gasteiger partial charge in [-0.2, -0.15) is 0 Å². The predicted octanol–water partition coefficient (Wildman–Crippen LogP) is -0.0956. The molecule has 0 aromatic rings. The van der Waals surface area contributed by atoms with E-state index in [2.05, 4.69) is 9.47 Å². The molecule has 0 radical (unpaired) electrons. The van der Waals surface area contributed by atoms with Crippen molar-refractivity contribution < 1.29 is 19.4 Å². The van der Waals surface area contributed by atoms with E-state index in [9.17, 15) is 4.79 Å². The number of aliphatic hydroxyl groups excluding tert-OH is 1. The van der Waals surface area contributed by atoms with E-state index in [0.717, 1.165) is 0 Å². The quantitative estimate of drug-likeness (QED) is 0.447. The smallest absolute Gasteiger partial charge is 0.363 e. The first kappa shape index (κ1) is 9.39. The van der Waals surface area contributed by atoms with Gasteiger partial charge < -0.3 is 14.6 Å². The zero-order chi connectivity index (χ0) is 7.98. The van der Waals surface area contributed by atoms with Crippen LogP contribution >= 0.6 is 0 Å². The molecular weight excluding hydrogens is 136 g/mol. The summed E-state index contributed by atoms with van der Waals surface area (Å²) >= 11 is 0. The summed E-state index contributed by atoms with van der Waals surface area (Å²) in [5.74, 6) is -0.732. The van der Waals surface area contributed by atoms with E-state index in [1.54, 1.807) is 13.8 Å². The van der Waals surface area contributed by atoms with Crippen molar-refractivity contribution in [2.45, 2.75) is 20.1 Å². The Labute approximate surface area is 59.7 Å². The highest BCUT2D eigenvalue weighted by Gasteiger charge is 2.14. The van der Waals surface area contributed by atoms with Gasteiger partial charge in [0, 0.05) is 6.61 Å². The molecule has 0 aromatic heterocycles. The molecule has 0 spiro atoms. The third-order valence-electron chi connectivity index (χ3n) is 0.813. The van der Waals surface area contributed by atoms with Gasteiger partial charge in [-0.05, 0) is 13.8 Å². The van der Waals surface area contributed by atoms with E-state index in [4.69, 9.17) is 5.11 Å². The molecule has 0 saturated heterocycles. The Hall–Kier alpha value is -0.610. The molecule has 1 atom stereocenters. The number of esters is 1. The zero-order valence-corrected chi connectivity index (χ0v) is 6.16. The van der Waals surface area contributed by atoms with Crippen molar-refractivity contribution in [2.24, 2.45) is 0 Å². The maximum atomic E-state index is 10.5.